The lowest BCUT2D eigenvalue weighted by Gasteiger charge is -2.21. The van der Waals surface area contributed by atoms with Gasteiger partial charge in [-0.2, -0.15) is 0 Å². The van der Waals surface area contributed by atoms with Crippen molar-refractivity contribution in [2.75, 3.05) is 0 Å². The molecule has 8 heteroatoms. The molecule has 0 heterocycles. The molecule has 142 valence electrons. The van der Waals surface area contributed by atoms with Crippen LogP contribution in [0.5, 0.6) is 0 Å². The predicted molar refractivity (Wildman–Crippen MR) is 101 cm³/mol. The molecular formula is C19H23BN2O5. The Morgan fingerprint density at radius 3 is 2.07 bits per heavy atom. The fraction of sp³-hybridized carbons (Fsp3) is 0.263. The molecular weight excluding hydrogens is 347 g/mol. The number of rotatable bonds is 8. The Morgan fingerprint density at radius 1 is 0.963 bits per heavy atom. The van der Waals surface area contributed by atoms with E-state index >= 15 is 0 Å². The van der Waals surface area contributed by atoms with Gasteiger partial charge in [0.15, 0.2) is 0 Å². The molecule has 0 aliphatic rings. The molecule has 0 spiro atoms. The van der Waals surface area contributed by atoms with Gasteiger partial charge in [0.1, 0.15) is 12.6 Å². The van der Waals surface area contributed by atoms with Crippen LogP contribution in [0.15, 0.2) is 60.7 Å². The van der Waals surface area contributed by atoms with E-state index in [4.69, 9.17) is 4.74 Å². The first-order valence-electron chi connectivity index (χ1n) is 8.63. The molecule has 2 aromatic carbocycles. The smallest absolute Gasteiger partial charge is 0.445 e. The highest BCUT2D eigenvalue weighted by Gasteiger charge is 2.28. The maximum Gasteiger partial charge on any atom is 0.475 e. The van der Waals surface area contributed by atoms with E-state index in [-0.39, 0.29) is 13.0 Å². The summed E-state index contributed by atoms with van der Waals surface area (Å²) in [6.45, 7) is 1.58. The molecule has 0 unspecified atom stereocenters. The average molecular weight is 370 g/mol. The van der Waals surface area contributed by atoms with Crippen molar-refractivity contribution in [2.24, 2.45) is 0 Å². The minimum atomic E-state index is -1.73. The Bertz CT molecular complexity index is 727. The van der Waals surface area contributed by atoms with Crippen LogP contribution in [0.3, 0.4) is 0 Å². The fourth-order valence-electron chi connectivity index (χ4n) is 2.41. The number of amides is 2. The summed E-state index contributed by atoms with van der Waals surface area (Å²) < 4.78 is 5.07. The fourth-order valence-corrected chi connectivity index (χ4v) is 2.41. The molecule has 0 aliphatic heterocycles. The molecule has 2 aromatic rings. The number of ether oxygens (including phenoxy) is 1. The highest BCUT2D eigenvalue weighted by molar-refractivity contribution is 6.43. The third kappa shape index (κ3) is 7.12. The largest absolute Gasteiger partial charge is 0.475 e. The molecule has 2 rings (SSSR count). The van der Waals surface area contributed by atoms with Gasteiger partial charge in [0.05, 0.1) is 5.94 Å². The van der Waals surface area contributed by atoms with Crippen molar-refractivity contribution in [2.45, 2.75) is 31.9 Å². The maximum absolute atomic E-state index is 12.3. The first-order valence-corrected chi connectivity index (χ1v) is 8.63. The monoisotopic (exact) mass is 370 g/mol. The molecule has 0 bridgehead atoms. The second kappa shape index (κ2) is 10.3. The second-order valence-electron chi connectivity index (χ2n) is 6.15. The van der Waals surface area contributed by atoms with Crippen LogP contribution in [0.1, 0.15) is 18.1 Å². The van der Waals surface area contributed by atoms with Gasteiger partial charge in [-0.1, -0.05) is 60.7 Å². The molecule has 4 N–H and O–H groups in total. The van der Waals surface area contributed by atoms with E-state index < -0.39 is 31.1 Å². The van der Waals surface area contributed by atoms with E-state index in [0.717, 1.165) is 11.1 Å². The second-order valence-corrected chi connectivity index (χ2v) is 6.15. The van der Waals surface area contributed by atoms with Crippen molar-refractivity contribution in [3.05, 3.63) is 71.8 Å². The number of hydrogen-bond acceptors (Lipinski definition) is 5. The van der Waals surface area contributed by atoms with Crippen LogP contribution in [0.25, 0.3) is 0 Å². The molecule has 0 aliphatic carbocycles. The van der Waals surface area contributed by atoms with Crippen molar-refractivity contribution in [1.82, 2.24) is 10.6 Å². The number of alkyl carbamates (subject to hydrolysis) is 1. The average Bonchev–Trinajstić information content (AvgIpc) is 2.67. The van der Waals surface area contributed by atoms with E-state index in [1.54, 1.807) is 0 Å². The number of carbonyl (C=O) groups excluding carboxylic acids is 2. The van der Waals surface area contributed by atoms with Crippen molar-refractivity contribution in [3.63, 3.8) is 0 Å². The van der Waals surface area contributed by atoms with Crippen LogP contribution in [0.4, 0.5) is 4.79 Å². The Kier molecular flexibility index (Phi) is 7.85. The molecule has 0 saturated heterocycles. The molecule has 27 heavy (non-hydrogen) atoms. The van der Waals surface area contributed by atoms with Crippen LogP contribution in [0, 0.1) is 0 Å². The van der Waals surface area contributed by atoms with E-state index in [9.17, 15) is 19.6 Å². The van der Waals surface area contributed by atoms with E-state index in [1.165, 1.54) is 6.92 Å². The van der Waals surface area contributed by atoms with Crippen LogP contribution >= 0.6 is 0 Å². The van der Waals surface area contributed by atoms with Gasteiger partial charge < -0.3 is 25.4 Å². The summed E-state index contributed by atoms with van der Waals surface area (Å²) in [4.78, 5) is 24.1. The predicted octanol–water partition coefficient (Wildman–Crippen LogP) is 1.04. The zero-order chi connectivity index (χ0) is 19.6. The lowest BCUT2D eigenvalue weighted by molar-refractivity contribution is -0.123. The molecule has 0 aromatic heterocycles. The Morgan fingerprint density at radius 2 is 1.52 bits per heavy atom. The van der Waals surface area contributed by atoms with Crippen LogP contribution in [-0.4, -0.2) is 41.1 Å². The maximum atomic E-state index is 12.3. The van der Waals surface area contributed by atoms with Crippen LogP contribution in [0.2, 0.25) is 0 Å². The number of nitrogens with one attached hydrogen (secondary N) is 2. The summed E-state index contributed by atoms with van der Waals surface area (Å²) in [7, 11) is -1.73. The Labute approximate surface area is 158 Å². The Hall–Kier alpha value is -2.84. The number of benzene rings is 2. The zero-order valence-corrected chi connectivity index (χ0v) is 15.0. The summed E-state index contributed by atoms with van der Waals surface area (Å²) in [6.07, 6.45) is -0.485. The van der Waals surface area contributed by atoms with Gasteiger partial charge in [-0.25, -0.2) is 4.79 Å². The topological polar surface area (TPSA) is 108 Å². The summed E-state index contributed by atoms with van der Waals surface area (Å²) in [5.41, 5.74) is 1.68. The first-order chi connectivity index (χ1) is 13.0. The van der Waals surface area contributed by atoms with Gasteiger partial charge in [0.25, 0.3) is 0 Å². The summed E-state index contributed by atoms with van der Waals surface area (Å²) in [6, 6.07) is 17.4. The molecule has 2 atom stereocenters. The molecule has 0 saturated carbocycles. The molecule has 0 radical (unpaired) electrons. The third-order valence-corrected chi connectivity index (χ3v) is 3.93. The minimum Gasteiger partial charge on any atom is -0.445 e. The SMILES string of the molecule is C[C@H](NC(=O)OCc1ccccc1)C(=O)N[C@@H](Cc1ccccc1)B(O)O. The van der Waals surface area contributed by atoms with Crippen molar-refractivity contribution < 1.29 is 24.4 Å². The van der Waals surface area contributed by atoms with E-state index in [2.05, 4.69) is 10.6 Å². The number of hydrogen-bond donors (Lipinski definition) is 4. The van der Waals surface area contributed by atoms with E-state index in [1.807, 2.05) is 60.7 Å². The van der Waals surface area contributed by atoms with Crippen molar-refractivity contribution in [1.29, 1.82) is 0 Å². The van der Waals surface area contributed by atoms with Gasteiger partial charge in [-0.05, 0) is 24.5 Å². The minimum absolute atomic E-state index is 0.0903. The van der Waals surface area contributed by atoms with Gasteiger partial charge in [-0.15, -0.1) is 0 Å². The standard InChI is InChI=1S/C19H23BN2O5/c1-14(21-19(24)27-13-16-10-6-3-7-11-16)18(23)22-17(20(25)26)12-15-8-4-2-5-9-15/h2-11,14,17,25-26H,12-13H2,1H3,(H,21,24)(H,22,23)/t14-,17-/m0/s1. The van der Waals surface area contributed by atoms with Gasteiger partial charge in [-0.3, -0.25) is 4.79 Å². The van der Waals surface area contributed by atoms with Gasteiger partial charge in [0.2, 0.25) is 5.91 Å². The highest BCUT2D eigenvalue weighted by Crippen LogP contribution is 2.05. The number of carbonyl (C=O) groups is 2. The lowest BCUT2D eigenvalue weighted by Crippen LogP contribution is -2.53. The summed E-state index contributed by atoms with van der Waals surface area (Å²) >= 11 is 0. The normalized spacial score (nSPS) is 12.6. The lowest BCUT2D eigenvalue weighted by atomic mass is 9.76. The summed E-state index contributed by atoms with van der Waals surface area (Å²) in [5, 5.41) is 24.0. The van der Waals surface area contributed by atoms with Gasteiger partial charge >= 0.3 is 13.2 Å². The molecule has 7 nitrogen and oxygen atoms in total. The van der Waals surface area contributed by atoms with Crippen LogP contribution < -0.4 is 10.6 Å². The first kappa shape index (κ1) is 20.5. The van der Waals surface area contributed by atoms with E-state index in [0.29, 0.717) is 0 Å². The van der Waals surface area contributed by atoms with Gasteiger partial charge in [0, 0.05) is 0 Å². The highest BCUT2D eigenvalue weighted by atomic mass is 16.5. The van der Waals surface area contributed by atoms with Crippen molar-refractivity contribution in [3.8, 4) is 0 Å². The molecule has 0 fully saturated rings. The molecule has 2 amide bonds. The van der Waals surface area contributed by atoms with Crippen molar-refractivity contribution >= 4 is 19.1 Å². The zero-order valence-electron chi connectivity index (χ0n) is 15.0. The Balaban J connectivity index is 1.82. The third-order valence-electron chi connectivity index (χ3n) is 3.93. The summed E-state index contributed by atoms with van der Waals surface area (Å²) in [5.74, 6) is -1.44. The quantitative estimate of drug-likeness (QED) is 0.520. The van der Waals surface area contributed by atoms with Crippen LogP contribution in [-0.2, 0) is 22.6 Å².